The lowest BCUT2D eigenvalue weighted by molar-refractivity contribution is -0.134. The molecule has 1 atom stereocenters. The van der Waals surface area contributed by atoms with E-state index in [9.17, 15) is 9.59 Å². The zero-order valence-electron chi connectivity index (χ0n) is 15.8. The van der Waals surface area contributed by atoms with Crippen molar-refractivity contribution in [2.24, 2.45) is 0 Å². The molecule has 0 spiro atoms. The Balaban J connectivity index is 2.01. The van der Waals surface area contributed by atoms with Crippen molar-refractivity contribution in [2.75, 3.05) is 38.1 Å². The van der Waals surface area contributed by atoms with Crippen LogP contribution >= 0.6 is 0 Å². The van der Waals surface area contributed by atoms with Gasteiger partial charge in [0.2, 0.25) is 11.8 Å². The third-order valence-corrected chi connectivity index (χ3v) is 4.73. The fourth-order valence-corrected chi connectivity index (χ4v) is 3.45. The molecule has 2 rings (SSSR count). The topological polar surface area (TPSA) is 43.9 Å². The standard InChI is InChI=1S/C20H31N3O2/c1-4-13-22(14-5-2)19(24)16-21(3)18-12-9-15-23(20(18)25)17-10-7-6-8-11-17/h6-8,10-11,18H,4-5,9,12-16H2,1-3H3. The zero-order chi connectivity index (χ0) is 18.2. The molecule has 138 valence electrons. The average Bonchev–Trinajstić information content (AvgIpc) is 2.62. The van der Waals surface area contributed by atoms with E-state index < -0.39 is 0 Å². The van der Waals surface area contributed by atoms with Crippen LogP contribution in [0.2, 0.25) is 0 Å². The van der Waals surface area contributed by atoms with Gasteiger partial charge in [0, 0.05) is 25.3 Å². The molecule has 0 aromatic heterocycles. The monoisotopic (exact) mass is 345 g/mol. The molecule has 2 amide bonds. The molecule has 1 heterocycles. The van der Waals surface area contributed by atoms with Crippen molar-refractivity contribution < 1.29 is 9.59 Å². The highest BCUT2D eigenvalue weighted by molar-refractivity contribution is 5.98. The molecule has 0 bridgehead atoms. The Hall–Kier alpha value is -1.88. The van der Waals surface area contributed by atoms with E-state index in [4.69, 9.17) is 0 Å². The molecular formula is C20H31N3O2. The van der Waals surface area contributed by atoms with Crippen molar-refractivity contribution >= 4 is 17.5 Å². The molecule has 1 saturated heterocycles. The third-order valence-electron chi connectivity index (χ3n) is 4.73. The Morgan fingerprint density at radius 2 is 1.80 bits per heavy atom. The Labute approximate surface area is 151 Å². The number of carbonyl (C=O) groups is 2. The maximum atomic E-state index is 12.9. The van der Waals surface area contributed by atoms with Crippen LogP contribution in [0, 0.1) is 0 Å². The van der Waals surface area contributed by atoms with Crippen LogP contribution in [0.15, 0.2) is 30.3 Å². The summed E-state index contributed by atoms with van der Waals surface area (Å²) in [7, 11) is 1.89. The minimum atomic E-state index is -0.219. The lowest BCUT2D eigenvalue weighted by atomic mass is 10.0. The van der Waals surface area contributed by atoms with Gasteiger partial charge in [0.15, 0.2) is 0 Å². The SMILES string of the molecule is CCCN(CCC)C(=O)CN(C)C1CCCN(c2ccccc2)C1=O. The summed E-state index contributed by atoms with van der Waals surface area (Å²) < 4.78 is 0. The van der Waals surface area contributed by atoms with Crippen LogP contribution in [0.5, 0.6) is 0 Å². The second-order valence-corrected chi connectivity index (χ2v) is 6.78. The molecule has 1 aliphatic rings. The average molecular weight is 345 g/mol. The minimum absolute atomic E-state index is 0.102. The van der Waals surface area contributed by atoms with Crippen molar-refractivity contribution in [1.82, 2.24) is 9.80 Å². The Morgan fingerprint density at radius 1 is 1.16 bits per heavy atom. The van der Waals surface area contributed by atoms with E-state index in [0.717, 1.165) is 51.0 Å². The summed E-state index contributed by atoms with van der Waals surface area (Å²) in [4.78, 5) is 31.2. The predicted octanol–water partition coefficient (Wildman–Crippen LogP) is 2.76. The number of carbonyl (C=O) groups excluding carboxylic acids is 2. The first-order chi connectivity index (χ1) is 12.1. The Kier molecular flexibility index (Phi) is 7.44. The second kappa shape index (κ2) is 9.56. The number of para-hydroxylation sites is 1. The first kappa shape index (κ1) is 19.4. The largest absolute Gasteiger partial charge is 0.342 e. The van der Waals surface area contributed by atoms with E-state index in [2.05, 4.69) is 13.8 Å². The number of hydrogen-bond acceptors (Lipinski definition) is 3. The number of likely N-dealkylation sites (N-methyl/N-ethyl adjacent to an activating group) is 1. The number of rotatable bonds is 8. The van der Waals surface area contributed by atoms with Crippen LogP contribution in [0.3, 0.4) is 0 Å². The van der Waals surface area contributed by atoms with Crippen molar-refractivity contribution in [3.63, 3.8) is 0 Å². The summed E-state index contributed by atoms with van der Waals surface area (Å²) in [6, 6.07) is 9.57. The molecule has 1 unspecified atom stereocenters. The molecule has 1 aromatic rings. The van der Waals surface area contributed by atoms with Crippen molar-refractivity contribution in [2.45, 2.75) is 45.6 Å². The van der Waals surface area contributed by atoms with Gasteiger partial charge in [-0.05, 0) is 44.9 Å². The van der Waals surface area contributed by atoms with Gasteiger partial charge in [0.05, 0.1) is 12.6 Å². The molecule has 25 heavy (non-hydrogen) atoms. The van der Waals surface area contributed by atoms with Crippen LogP contribution in [-0.4, -0.2) is 60.9 Å². The summed E-state index contributed by atoms with van der Waals surface area (Å²) in [5, 5.41) is 0. The molecule has 5 heteroatoms. The number of anilines is 1. The maximum Gasteiger partial charge on any atom is 0.244 e. The van der Waals surface area contributed by atoms with Crippen LogP contribution in [0.4, 0.5) is 5.69 Å². The van der Waals surface area contributed by atoms with Gasteiger partial charge in [-0.2, -0.15) is 0 Å². The van der Waals surface area contributed by atoms with Crippen LogP contribution in [0.25, 0.3) is 0 Å². The predicted molar refractivity (Wildman–Crippen MR) is 102 cm³/mol. The molecule has 5 nitrogen and oxygen atoms in total. The van der Waals surface area contributed by atoms with Crippen molar-refractivity contribution in [1.29, 1.82) is 0 Å². The molecule has 0 saturated carbocycles. The van der Waals surface area contributed by atoms with Gasteiger partial charge in [-0.25, -0.2) is 0 Å². The highest BCUT2D eigenvalue weighted by atomic mass is 16.2. The molecule has 0 radical (unpaired) electrons. The number of nitrogens with zero attached hydrogens (tertiary/aromatic N) is 3. The summed E-state index contributed by atoms with van der Waals surface area (Å²) in [5.41, 5.74) is 0.940. The van der Waals surface area contributed by atoms with E-state index in [0.29, 0.717) is 6.54 Å². The fourth-order valence-electron chi connectivity index (χ4n) is 3.45. The second-order valence-electron chi connectivity index (χ2n) is 6.78. The van der Waals surface area contributed by atoms with Crippen molar-refractivity contribution in [3.8, 4) is 0 Å². The first-order valence-corrected chi connectivity index (χ1v) is 9.42. The Bertz CT molecular complexity index is 555. The molecular weight excluding hydrogens is 314 g/mol. The summed E-state index contributed by atoms with van der Waals surface area (Å²) in [6.45, 7) is 6.80. The fraction of sp³-hybridized carbons (Fsp3) is 0.600. The molecule has 0 N–H and O–H groups in total. The van der Waals surface area contributed by atoms with Crippen LogP contribution in [0.1, 0.15) is 39.5 Å². The smallest absolute Gasteiger partial charge is 0.244 e. The van der Waals surface area contributed by atoms with Gasteiger partial charge in [0.1, 0.15) is 0 Å². The van der Waals surface area contributed by atoms with Gasteiger partial charge in [-0.1, -0.05) is 32.0 Å². The molecule has 0 aliphatic carbocycles. The number of hydrogen-bond donors (Lipinski definition) is 0. The van der Waals surface area contributed by atoms with Gasteiger partial charge in [0.25, 0.3) is 0 Å². The first-order valence-electron chi connectivity index (χ1n) is 9.42. The normalized spacial score (nSPS) is 17.8. The third kappa shape index (κ3) is 5.05. The highest BCUT2D eigenvalue weighted by Crippen LogP contribution is 2.23. The lowest BCUT2D eigenvalue weighted by Crippen LogP contribution is -2.53. The molecule has 1 aromatic carbocycles. The number of amides is 2. The van der Waals surface area contributed by atoms with Gasteiger partial charge < -0.3 is 9.80 Å². The zero-order valence-corrected chi connectivity index (χ0v) is 15.8. The van der Waals surface area contributed by atoms with Crippen LogP contribution in [-0.2, 0) is 9.59 Å². The van der Waals surface area contributed by atoms with E-state index in [1.165, 1.54) is 0 Å². The summed E-state index contributed by atoms with van der Waals surface area (Å²) >= 11 is 0. The molecule has 1 aliphatic heterocycles. The van der Waals surface area contributed by atoms with Gasteiger partial charge >= 0.3 is 0 Å². The van der Waals surface area contributed by atoms with Crippen LogP contribution < -0.4 is 4.90 Å². The summed E-state index contributed by atoms with van der Waals surface area (Å²) in [5.74, 6) is 0.223. The minimum Gasteiger partial charge on any atom is -0.342 e. The highest BCUT2D eigenvalue weighted by Gasteiger charge is 2.33. The van der Waals surface area contributed by atoms with Gasteiger partial charge in [-0.15, -0.1) is 0 Å². The van der Waals surface area contributed by atoms with E-state index in [1.807, 2.05) is 52.1 Å². The van der Waals surface area contributed by atoms with Gasteiger partial charge in [-0.3, -0.25) is 14.5 Å². The molecule has 1 fully saturated rings. The van der Waals surface area contributed by atoms with E-state index in [-0.39, 0.29) is 17.9 Å². The quantitative estimate of drug-likeness (QED) is 0.728. The maximum absolute atomic E-state index is 12.9. The van der Waals surface area contributed by atoms with E-state index >= 15 is 0 Å². The lowest BCUT2D eigenvalue weighted by Gasteiger charge is -2.37. The Morgan fingerprint density at radius 3 is 2.40 bits per heavy atom. The van der Waals surface area contributed by atoms with E-state index in [1.54, 1.807) is 0 Å². The van der Waals surface area contributed by atoms with Crippen molar-refractivity contribution in [3.05, 3.63) is 30.3 Å². The number of piperidine rings is 1. The number of benzene rings is 1. The summed E-state index contributed by atoms with van der Waals surface area (Å²) in [6.07, 6.45) is 3.68.